The summed E-state index contributed by atoms with van der Waals surface area (Å²) < 4.78 is 6.45. The van der Waals surface area contributed by atoms with Gasteiger partial charge in [0.25, 0.3) is 0 Å². The number of hydrogen-bond donors (Lipinski definition) is 0. The van der Waals surface area contributed by atoms with Crippen LogP contribution in [0.3, 0.4) is 0 Å². The highest BCUT2D eigenvalue weighted by Gasteiger charge is 2.06. The van der Waals surface area contributed by atoms with E-state index in [0.717, 1.165) is 17.0 Å². The Morgan fingerprint density at radius 2 is 2.20 bits per heavy atom. The second-order valence-electron chi connectivity index (χ2n) is 3.14. The summed E-state index contributed by atoms with van der Waals surface area (Å²) >= 11 is 0. The molecular formula is C11H14N2O2. The standard InChI is InChI=1S/C11H14N2O2/c1-5-15-11(14)7-6-10-8(2)12-13(4)9(10)3/h5H2,1-4H3. The quantitative estimate of drug-likeness (QED) is 0.507. The molecule has 4 nitrogen and oxygen atoms in total. The zero-order chi connectivity index (χ0) is 11.4. The molecule has 0 amide bonds. The fraction of sp³-hybridized carbons (Fsp3) is 0.455. The molecule has 0 unspecified atom stereocenters. The van der Waals surface area contributed by atoms with Crippen LogP contribution in [0.2, 0.25) is 0 Å². The van der Waals surface area contributed by atoms with E-state index >= 15 is 0 Å². The Balaban J connectivity index is 2.93. The number of hydrogen-bond acceptors (Lipinski definition) is 3. The van der Waals surface area contributed by atoms with Gasteiger partial charge in [-0.3, -0.25) is 4.68 Å². The Bertz CT molecular complexity index is 435. The second kappa shape index (κ2) is 4.65. The first-order chi connectivity index (χ1) is 7.06. The minimum atomic E-state index is -0.500. The molecule has 0 atom stereocenters. The topological polar surface area (TPSA) is 44.1 Å². The van der Waals surface area contributed by atoms with Crippen molar-refractivity contribution in [2.24, 2.45) is 7.05 Å². The fourth-order valence-corrected chi connectivity index (χ4v) is 1.24. The molecule has 1 heterocycles. The molecule has 0 aliphatic carbocycles. The lowest BCUT2D eigenvalue weighted by Crippen LogP contribution is -1.99. The molecule has 0 fully saturated rings. The molecule has 1 aromatic heterocycles. The van der Waals surface area contributed by atoms with Gasteiger partial charge in [0.1, 0.15) is 0 Å². The molecule has 80 valence electrons. The van der Waals surface area contributed by atoms with Crippen molar-refractivity contribution < 1.29 is 9.53 Å². The van der Waals surface area contributed by atoms with E-state index in [0.29, 0.717) is 6.61 Å². The Kier molecular flexibility index (Phi) is 3.51. The minimum absolute atomic E-state index is 0.346. The van der Waals surface area contributed by atoms with E-state index < -0.39 is 5.97 Å². The van der Waals surface area contributed by atoms with Crippen molar-refractivity contribution in [1.82, 2.24) is 9.78 Å². The Morgan fingerprint density at radius 3 is 2.67 bits per heavy atom. The van der Waals surface area contributed by atoms with Gasteiger partial charge in [0.2, 0.25) is 0 Å². The van der Waals surface area contributed by atoms with Gasteiger partial charge in [-0.1, -0.05) is 5.92 Å². The Hall–Kier alpha value is -1.76. The minimum Gasteiger partial charge on any atom is -0.456 e. The normalized spacial score (nSPS) is 9.33. The first-order valence-electron chi connectivity index (χ1n) is 4.75. The third kappa shape index (κ3) is 2.59. The Labute approximate surface area is 89.2 Å². The van der Waals surface area contributed by atoms with Gasteiger partial charge in [-0.05, 0) is 20.8 Å². The predicted molar refractivity (Wildman–Crippen MR) is 56.2 cm³/mol. The molecule has 15 heavy (non-hydrogen) atoms. The SMILES string of the molecule is CCOC(=O)C#Cc1c(C)nn(C)c1C. The van der Waals surface area contributed by atoms with Crippen LogP contribution in [0.25, 0.3) is 0 Å². The van der Waals surface area contributed by atoms with E-state index in [1.165, 1.54) is 0 Å². The first-order valence-corrected chi connectivity index (χ1v) is 4.75. The van der Waals surface area contributed by atoms with E-state index in [-0.39, 0.29) is 0 Å². The third-order valence-electron chi connectivity index (χ3n) is 2.07. The number of aryl methyl sites for hydroxylation is 2. The molecule has 0 spiro atoms. The lowest BCUT2D eigenvalue weighted by atomic mass is 10.2. The predicted octanol–water partition coefficient (Wildman–Crippen LogP) is 0.952. The van der Waals surface area contributed by atoms with Crippen LogP contribution in [-0.2, 0) is 16.6 Å². The van der Waals surface area contributed by atoms with Crippen molar-refractivity contribution in [2.45, 2.75) is 20.8 Å². The van der Waals surface area contributed by atoms with Crippen LogP contribution in [0, 0.1) is 25.7 Å². The average molecular weight is 206 g/mol. The number of ether oxygens (including phenoxy) is 1. The van der Waals surface area contributed by atoms with E-state index in [1.807, 2.05) is 20.9 Å². The number of carbonyl (C=O) groups excluding carboxylic acids is 1. The summed E-state index contributed by atoms with van der Waals surface area (Å²) in [6, 6.07) is 0. The van der Waals surface area contributed by atoms with E-state index in [4.69, 9.17) is 4.74 Å². The van der Waals surface area contributed by atoms with Crippen molar-refractivity contribution in [1.29, 1.82) is 0 Å². The average Bonchev–Trinajstić information content (AvgIpc) is 2.40. The number of carbonyl (C=O) groups is 1. The van der Waals surface area contributed by atoms with Crippen LogP contribution in [0.5, 0.6) is 0 Å². The highest BCUT2D eigenvalue weighted by molar-refractivity contribution is 5.89. The van der Waals surface area contributed by atoms with Gasteiger partial charge in [0.05, 0.1) is 23.6 Å². The Morgan fingerprint density at radius 1 is 1.53 bits per heavy atom. The number of esters is 1. The molecule has 1 rings (SSSR count). The van der Waals surface area contributed by atoms with Crippen molar-refractivity contribution in [2.75, 3.05) is 6.61 Å². The summed E-state index contributed by atoms with van der Waals surface area (Å²) in [5, 5.41) is 4.20. The van der Waals surface area contributed by atoms with Crippen LogP contribution in [0.4, 0.5) is 0 Å². The van der Waals surface area contributed by atoms with Crippen molar-refractivity contribution in [3.8, 4) is 11.8 Å². The van der Waals surface area contributed by atoms with Crippen LogP contribution < -0.4 is 0 Å². The van der Waals surface area contributed by atoms with Gasteiger partial charge in [-0.2, -0.15) is 5.10 Å². The molecule has 0 aliphatic rings. The van der Waals surface area contributed by atoms with E-state index in [1.54, 1.807) is 11.6 Å². The first kappa shape index (κ1) is 11.3. The molecule has 0 bridgehead atoms. The lowest BCUT2D eigenvalue weighted by Gasteiger charge is -1.92. The smallest absolute Gasteiger partial charge is 0.384 e. The molecule has 0 saturated carbocycles. The summed E-state index contributed by atoms with van der Waals surface area (Å²) in [7, 11) is 1.85. The summed E-state index contributed by atoms with van der Waals surface area (Å²) in [5.41, 5.74) is 2.57. The molecule has 0 aliphatic heterocycles. The summed E-state index contributed by atoms with van der Waals surface area (Å²) in [6.45, 7) is 5.87. The molecule has 1 aromatic rings. The van der Waals surface area contributed by atoms with Gasteiger partial charge in [-0.25, -0.2) is 4.79 Å². The van der Waals surface area contributed by atoms with Gasteiger partial charge in [0, 0.05) is 13.0 Å². The third-order valence-corrected chi connectivity index (χ3v) is 2.07. The second-order valence-corrected chi connectivity index (χ2v) is 3.14. The number of aromatic nitrogens is 2. The number of rotatable bonds is 1. The number of nitrogens with zero attached hydrogens (tertiary/aromatic N) is 2. The molecule has 0 N–H and O–H groups in total. The monoisotopic (exact) mass is 206 g/mol. The van der Waals surface area contributed by atoms with Crippen molar-refractivity contribution in [3.63, 3.8) is 0 Å². The lowest BCUT2D eigenvalue weighted by molar-refractivity contribution is -0.136. The van der Waals surface area contributed by atoms with Crippen LogP contribution >= 0.6 is 0 Å². The fourth-order valence-electron chi connectivity index (χ4n) is 1.24. The largest absolute Gasteiger partial charge is 0.456 e. The van der Waals surface area contributed by atoms with Crippen molar-refractivity contribution in [3.05, 3.63) is 17.0 Å². The van der Waals surface area contributed by atoms with Crippen molar-refractivity contribution >= 4 is 5.97 Å². The zero-order valence-corrected chi connectivity index (χ0v) is 9.42. The van der Waals surface area contributed by atoms with Gasteiger partial charge < -0.3 is 4.74 Å². The summed E-state index contributed by atoms with van der Waals surface area (Å²) in [6.07, 6.45) is 0. The maximum absolute atomic E-state index is 11.0. The van der Waals surface area contributed by atoms with E-state index in [9.17, 15) is 4.79 Å². The van der Waals surface area contributed by atoms with Gasteiger partial charge >= 0.3 is 5.97 Å². The zero-order valence-electron chi connectivity index (χ0n) is 9.42. The molecule has 0 radical (unpaired) electrons. The summed E-state index contributed by atoms with van der Waals surface area (Å²) in [4.78, 5) is 11.0. The molecule has 4 heteroatoms. The van der Waals surface area contributed by atoms with Gasteiger partial charge in [0.15, 0.2) is 0 Å². The van der Waals surface area contributed by atoms with Crippen LogP contribution in [0.15, 0.2) is 0 Å². The highest BCUT2D eigenvalue weighted by atomic mass is 16.5. The van der Waals surface area contributed by atoms with Crippen LogP contribution in [0.1, 0.15) is 23.9 Å². The maximum atomic E-state index is 11.0. The maximum Gasteiger partial charge on any atom is 0.384 e. The van der Waals surface area contributed by atoms with E-state index in [2.05, 4.69) is 16.9 Å². The molecule has 0 aromatic carbocycles. The molecular weight excluding hydrogens is 192 g/mol. The van der Waals surface area contributed by atoms with Crippen LogP contribution in [-0.4, -0.2) is 22.4 Å². The van der Waals surface area contributed by atoms with Gasteiger partial charge in [-0.15, -0.1) is 0 Å². The molecule has 0 saturated heterocycles. The summed E-state index contributed by atoms with van der Waals surface area (Å²) in [5.74, 6) is 4.71. The highest BCUT2D eigenvalue weighted by Crippen LogP contribution is 2.09.